The van der Waals surface area contributed by atoms with Gasteiger partial charge in [-0.2, -0.15) is 0 Å². The van der Waals surface area contributed by atoms with Crippen molar-refractivity contribution in [2.75, 3.05) is 33.3 Å². The van der Waals surface area contributed by atoms with Crippen molar-refractivity contribution in [3.63, 3.8) is 0 Å². The van der Waals surface area contributed by atoms with Crippen molar-refractivity contribution in [1.82, 2.24) is 10.2 Å². The number of likely N-dealkylation sites (N-methyl/N-ethyl adjacent to an activating group) is 1. The van der Waals surface area contributed by atoms with Crippen molar-refractivity contribution in [2.45, 2.75) is 38.3 Å². The van der Waals surface area contributed by atoms with Crippen molar-refractivity contribution in [3.05, 3.63) is 0 Å². The lowest BCUT2D eigenvalue weighted by Crippen LogP contribution is -2.54. The monoisotopic (exact) mass is 243 g/mol. The van der Waals surface area contributed by atoms with Crippen LogP contribution < -0.4 is 11.1 Å². The average molecular weight is 243 g/mol. The van der Waals surface area contributed by atoms with Gasteiger partial charge in [-0.05, 0) is 26.3 Å². The lowest BCUT2D eigenvalue weighted by molar-refractivity contribution is -0.124. The van der Waals surface area contributed by atoms with Gasteiger partial charge >= 0.3 is 0 Å². The third kappa shape index (κ3) is 3.94. The second-order valence-corrected chi connectivity index (χ2v) is 4.92. The number of hydrogen-bond donors (Lipinski definition) is 2. The van der Waals surface area contributed by atoms with Gasteiger partial charge in [0.25, 0.3) is 0 Å². The molecule has 100 valence electrons. The fraction of sp³-hybridized carbons (Fsp3) is 0.917. The Bertz CT molecular complexity index is 260. The molecule has 17 heavy (non-hydrogen) atoms. The predicted molar refractivity (Wildman–Crippen MR) is 67.7 cm³/mol. The summed E-state index contributed by atoms with van der Waals surface area (Å²) in [7, 11) is 1.75. The van der Waals surface area contributed by atoms with Gasteiger partial charge in [0.05, 0.1) is 11.6 Å². The molecular weight excluding hydrogens is 218 g/mol. The van der Waals surface area contributed by atoms with E-state index in [4.69, 9.17) is 10.5 Å². The van der Waals surface area contributed by atoms with Gasteiger partial charge in [0.15, 0.2) is 0 Å². The zero-order valence-electron chi connectivity index (χ0n) is 11.2. The lowest BCUT2D eigenvalue weighted by atomic mass is 9.96. The number of nitrogens with zero attached hydrogens (tertiary/aromatic N) is 1. The standard InChI is InChI=1S/C12H25N3O2/c1-4-14-12(2,11(13)16)6-8-15-7-5-10(9-15)17-3/h10,14H,4-9H2,1-3H3,(H2,13,16). The molecule has 0 saturated carbocycles. The Hall–Kier alpha value is -0.650. The SMILES string of the molecule is CCNC(C)(CCN1CCC(OC)C1)C(N)=O. The van der Waals surface area contributed by atoms with Crippen molar-refractivity contribution >= 4 is 5.91 Å². The van der Waals surface area contributed by atoms with Gasteiger partial charge in [-0.1, -0.05) is 6.92 Å². The van der Waals surface area contributed by atoms with Gasteiger partial charge in [-0.25, -0.2) is 0 Å². The summed E-state index contributed by atoms with van der Waals surface area (Å²) in [6, 6.07) is 0. The van der Waals surface area contributed by atoms with Crippen LogP contribution in [0, 0.1) is 0 Å². The van der Waals surface area contributed by atoms with Gasteiger partial charge in [0.1, 0.15) is 0 Å². The Labute approximate surface area is 104 Å². The Morgan fingerprint density at radius 2 is 2.35 bits per heavy atom. The number of primary amides is 1. The number of amides is 1. The molecule has 0 spiro atoms. The van der Waals surface area contributed by atoms with E-state index in [1.54, 1.807) is 7.11 Å². The molecule has 1 fully saturated rings. The van der Waals surface area contributed by atoms with Gasteiger partial charge in [-0.15, -0.1) is 0 Å². The first-order chi connectivity index (χ1) is 8.01. The van der Waals surface area contributed by atoms with Crippen LogP contribution in [0.2, 0.25) is 0 Å². The molecular formula is C12H25N3O2. The number of nitrogens with two attached hydrogens (primary N) is 1. The molecule has 1 saturated heterocycles. The lowest BCUT2D eigenvalue weighted by Gasteiger charge is -2.29. The summed E-state index contributed by atoms with van der Waals surface area (Å²) in [5.41, 5.74) is 4.85. The number of methoxy groups -OCH3 is 1. The van der Waals surface area contributed by atoms with E-state index in [0.29, 0.717) is 6.10 Å². The molecule has 1 aliphatic rings. The molecule has 0 aromatic heterocycles. The average Bonchev–Trinajstić information content (AvgIpc) is 2.74. The van der Waals surface area contributed by atoms with Gasteiger partial charge in [-0.3, -0.25) is 4.79 Å². The zero-order chi connectivity index (χ0) is 12.9. The third-order valence-corrected chi connectivity index (χ3v) is 3.60. The van der Waals surface area contributed by atoms with E-state index in [2.05, 4.69) is 10.2 Å². The van der Waals surface area contributed by atoms with E-state index in [-0.39, 0.29) is 5.91 Å². The fourth-order valence-electron chi connectivity index (χ4n) is 2.26. The van der Waals surface area contributed by atoms with E-state index < -0.39 is 5.54 Å². The van der Waals surface area contributed by atoms with Crippen LogP contribution in [-0.2, 0) is 9.53 Å². The molecule has 0 aromatic carbocycles. The van der Waals surface area contributed by atoms with Gasteiger partial charge in [0, 0.05) is 26.7 Å². The van der Waals surface area contributed by atoms with E-state index in [0.717, 1.165) is 39.0 Å². The summed E-state index contributed by atoms with van der Waals surface area (Å²) in [6.07, 6.45) is 2.16. The van der Waals surface area contributed by atoms with Crippen molar-refractivity contribution in [1.29, 1.82) is 0 Å². The number of hydrogen-bond acceptors (Lipinski definition) is 4. The zero-order valence-corrected chi connectivity index (χ0v) is 11.2. The minimum absolute atomic E-state index is 0.276. The third-order valence-electron chi connectivity index (χ3n) is 3.60. The summed E-state index contributed by atoms with van der Waals surface area (Å²) >= 11 is 0. The first-order valence-corrected chi connectivity index (χ1v) is 6.32. The van der Waals surface area contributed by atoms with E-state index in [1.165, 1.54) is 0 Å². The normalized spacial score (nSPS) is 24.8. The van der Waals surface area contributed by atoms with E-state index >= 15 is 0 Å². The molecule has 5 nitrogen and oxygen atoms in total. The number of carbonyl (C=O) groups excluding carboxylic acids is 1. The summed E-state index contributed by atoms with van der Waals surface area (Å²) < 4.78 is 5.32. The second kappa shape index (κ2) is 6.33. The number of rotatable bonds is 7. The minimum atomic E-state index is -0.597. The maximum Gasteiger partial charge on any atom is 0.237 e. The largest absolute Gasteiger partial charge is 0.380 e. The molecule has 1 aliphatic heterocycles. The van der Waals surface area contributed by atoms with Crippen LogP contribution >= 0.6 is 0 Å². The summed E-state index contributed by atoms with van der Waals surface area (Å²) in [6.45, 7) is 7.49. The molecule has 0 bridgehead atoms. The smallest absolute Gasteiger partial charge is 0.237 e. The van der Waals surface area contributed by atoms with E-state index in [1.807, 2.05) is 13.8 Å². The maximum atomic E-state index is 11.5. The fourth-order valence-corrected chi connectivity index (χ4v) is 2.26. The molecule has 0 radical (unpaired) electrons. The molecule has 2 unspecified atom stereocenters. The predicted octanol–water partition coefficient (Wildman–Crippen LogP) is -0.0493. The van der Waals surface area contributed by atoms with Crippen LogP contribution in [0.1, 0.15) is 26.7 Å². The molecule has 1 heterocycles. The van der Waals surface area contributed by atoms with Crippen molar-refractivity contribution in [3.8, 4) is 0 Å². The summed E-state index contributed by atoms with van der Waals surface area (Å²) in [4.78, 5) is 13.8. The van der Waals surface area contributed by atoms with Crippen molar-refractivity contribution < 1.29 is 9.53 Å². The molecule has 0 aromatic rings. The molecule has 1 rings (SSSR count). The Balaban J connectivity index is 2.40. The van der Waals surface area contributed by atoms with Crippen LogP contribution in [0.15, 0.2) is 0 Å². The number of nitrogens with one attached hydrogen (secondary N) is 1. The summed E-state index contributed by atoms with van der Waals surface area (Å²) in [5, 5.41) is 3.18. The highest BCUT2D eigenvalue weighted by atomic mass is 16.5. The minimum Gasteiger partial charge on any atom is -0.380 e. The van der Waals surface area contributed by atoms with Crippen LogP contribution in [0.25, 0.3) is 0 Å². The van der Waals surface area contributed by atoms with Crippen molar-refractivity contribution in [2.24, 2.45) is 5.73 Å². The first kappa shape index (κ1) is 14.4. The molecule has 0 aliphatic carbocycles. The number of ether oxygens (including phenoxy) is 1. The maximum absolute atomic E-state index is 11.5. The Kier molecular flexibility index (Phi) is 5.36. The second-order valence-electron chi connectivity index (χ2n) is 4.92. The topological polar surface area (TPSA) is 67.6 Å². The molecule has 2 atom stereocenters. The first-order valence-electron chi connectivity index (χ1n) is 6.32. The summed E-state index contributed by atoms with van der Waals surface area (Å²) in [5.74, 6) is -0.276. The van der Waals surface area contributed by atoms with Crippen LogP contribution in [0.3, 0.4) is 0 Å². The van der Waals surface area contributed by atoms with Gasteiger partial charge < -0.3 is 20.7 Å². The highest BCUT2D eigenvalue weighted by Gasteiger charge is 2.31. The quantitative estimate of drug-likeness (QED) is 0.658. The Morgan fingerprint density at radius 1 is 1.65 bits per heavy atom. The van der Waals surface area contributed by atoms with E-state index in [9.17, 15) is 4.79 Å². The Morgan fingerprint density at radius 3 is 2.82 bits per heavy atom. The number of likely N-dealkylation sites (tertiary alicyclic amines) is 1. The van der Waals surface area contributed by atoms with Crippen LogP contribution in [-0.4, -0.2) is 55.7 Å². The van der Waals surface area contributed by atoms with Crippen LogP contribution in [0.5, 0.6) is 0 Å². The molecule has 3 N–H and O–H groups in total. The molecule has 5 heteroatoms. The van der Waals surface area contributed by atoms with Gasteiger partial charge in [0.2, 0.25) is 5.91 Å². The van der Waals surface area contributed by atoms with Crippen LogP contribution in [0.4, 0.5) is 0 Å². The highest BCUT2D eigenvalue weighted by molar-refractivity contribution is 5.84. The number of carbonyl (C=O) groups is 1. The highest BCUT2D eigenvalue weighted by Crippen LogP contribution is 2.15. The molecule has 1 amide bonds.